The van der Waals surface area contributed by atoms with Gasteiger partial charge in [-0.05, 0) is 46.1 Å². The number of rotatable bonds is 8. The van der Waals surface area contributed by atoms with Gasteiger partial charge in [0.2, 0.25) is 17.6 Å². The van der Waals surface area contributed by atoms with E-state index in [1.165, 1.54) is 0 Å². The van der Waals surface area contributed by atoms with E-state index in [0.717, 1.165) is 24.9 Å². The molecule has 2 rings (SSSR count). The van der Waals surface area contributed by atoms with E-state index in [9.17, 15) is 28.4 Å². The van der Waals surface area contributed by atoms with Crippen molar-refractivity contribution in [1.82, 2.24) is 26.3 Å². The van der Waals surface area contributed by atoms with Crippen LogP contribution in [0.25, 0.3) is 0 Å². The molecule has 1 aliphatic rings. The third-order valence-electron chi connectivity index (χ3n) is 4.66. The van der Waals surface area contributed by atoms with E-state index in [-0.39, 0.29) is 17.9 Å². The topological polar surface area (TPSA) is 146 Å². The van der Waals surface area contributed by atoms with Crippen molar-refractivity contribution in [2.45, 2.75) is 51.6 Å². The molecule has 174 valence electrons. The molecule has 0 spiro atoms. The molecule has 1 aromatic rings. The van der Waals surface area contributed by atoms with Crippen LogP contribution in [0.1, 0.15) is 50.4 Å². The minimum atomic E-state index is -1.24. The lowest BCUT2D eigenvalue weighted by molar-refractivity contribution is -0.141. The highest BCUT2D eigenvalue weighted by Gasteiger charge is 2.34. The number of piperidine rings is 1. The minimum Gasteiger partial charge on any atom is -0.356 e. The Hall–Kier alpha value is -3.37. The van der Waals surface area contributed by atoms with Gasteiger partial charge in [0, 0.05) is 24.2 Å². The van der Waals surface area contributed by atoms with Crippen LogP contribution in [-0.2, 0) is 19.2 Å². The summed E-state index contributed by atoms with van der Waals surface area (Å²) >= 11 is 0. The summed E-state index contributed by atoms with van der Waals surface area (Å²) in [7, 11) is 0. The molecule has 11 heteroatoms. The van der Waals surface area contributed by atoms with Gasteiger partial charge in [-0.15, -0.1) is 0 Å². The predicted octanol–water partition coefficient (Wildman–Crippen LogP) is -0.165. The number of ketones is 1. The fraction of sp³-hybridized carbons (Fsp3) is 0.524. The number of hydrogen-bond donors (Lipinski definition) is 4. The summed E-state index contributed by atoms with van der Waals surface area (Å²) in [5, 5.41) is 9.99. The van der Waals surface area contributed by atoms with Crippen LogP contribution < -0.4 is 21.3 Å². The summed E-state index contributed by atoms with van der Waals surface area (Å²) in [4.78, 5) is 65.2. The lowest BCUT2D eigenvalue weighted by atomic mass is 9.89. The lowest BCUT2D eigenvalue weighted by Crippen LogP contribution is -2.54. The standard InChI is InChI=1S/C21H28FN5O5/c1-21(2,3)27-20(32)17(29)15(8-12-5-4-6-24-18(12)30)26-16(28)11-25-19(31)13-7-14(22)10-23-9-13/h7,9-10,12,15H,4-6,8,11H2,1-3H3,(H,24,30)(H,25,31)(H,26,28)(H,27,32). The lowest BCUT2D eigenvalue weighted by Gasteiger charge is -2.27. The Morgan fingerprint density at radius 2 is 1.97 bits per heavy atom. The molecule has 2 unspecified atom stereocenters. The number of aromatic nitrogens is 1. The zero-order chi connectivity index (χ0) is 23.9. The SMILES string of the molecule is CC(C)(C)NC(=O)C(=O)C(CC1CCCNC1=O)NC(=O)CNC(=O)c1cncc(F)c1. The van der Waals surface area contributed by atoms with Crippen molar-refractivity contribution in [2.24, 2.45) is 5.92 Å². The number of amides is 4. The van der Waals surface area contributed by atoms with E-state index in [1.807, 2.05) is 0 Å². The van der Waals surface area contributed by atoms with Crippen molar-refractivity contribution in [2.75, 3.05) is 13.1 Å². The predicted molar refractivity (Wildman–Crippen MR) is 112 cm³/mol. The smallest absolute Gasteiger partial charge is 0.290 e. The molecule has 1 saturated heterocycles. The first-order chi connectivity index (χ1) is 15.0. The number of carbonyl (C=O) groups is 5. The molecule has 0 aliphatic carbocycles. The Labute approximate surface area is 185 Å². The molecule has 2 heterocycles. The zero-order valence-corrected chi connectivity index (χ0v) is 18.3. The number of hydrogen-bond acceptors (Lipinski definition) is 6. The van der Waals surface area contributed by atoms with Crippen LogP contribution in [0.5, 0.6) is 0 Å². The van der Waals surface area contributed by atoms with Crippen molar-refractivity contribution < 1.29 is 28.4 Å². The van der Waals surface area contributed by atoms with Gasteiger partial charge in [-0.25, -0.2) is 4.39 Å². The molecule has 0 saturated carbocycles. The maximum absolute atomic E-state index is 13.2. The van der Waals surface area contributed by atoms with Crippen LogP contribution in [0.15, 0.2) is 18.5 Å². The highest BCUT2D eigenvalue weighted by atomic mass is 19.1. The average molecular weight is 449 g/mol. The molecule has 4 N–H and O–H groups in total. The van der Waals surface area contributed by atoms with Gasteiger partial charge in [0.1, 0.15) is 5.82 Å². The molecule has 2 atom stereocenters. The van der Waals surface area contributed by atoms with E-state index in [2.05, 4.69) is 26.3 Å². The van der Waals surface area contributed by atoms with Crippen molar-refractivity contribution in [1.29, 1.82) is 0 Å². The van der Waals surface area contributed by atoms with Crippen LogP contribution in [0.2, 0.25) is 0 Å². The van der Waals surface area contributed by atoms with Crippen LogP contribution in [0.4, 0.5) is 4.39 Å². The number of Topliss-reactive ketones (excluding diaryl/α,β-unsaturated/α-hetero) is 1. The third kappa shape index (κ3) is 7.71. The second-order valence-corrected chi connectivity index (χ2v) is 8.63. The fourth-order valence-electron chi connectivity index (χ4n) is 3.18. The molecule has 0 radical (unpaired) electrons. The van der Waals surface area contributed by atoms with Gasteiger partial charge in [-0.3, -0.25) is 29.0 Å². The first-order valence-electron chi connectivity index (χ1n) is 10.3. The maximum Gasteiger partial charge on any atom is 0.290 e. The molecule has 1 aliphatic heterocycles. The first kappa shape index (κ1) is 24.9. The molecule has 0 aromatic carbocycles. The normalized spacial score (nSPS) is 17.0. The number of carbonyl (C=O) groups excluding carboxylic acids is 5. The minimum absolute atomic E-state index is 0.0459. The average Bonchev–Trinajstić information content (AvgIpc) is 2.71. The Kier molecular flexibility index (Phi) is 8.39. The first-order valence-corrected chi connectivity index (χ1v) is 10.3. The van der Waals surface area contributed by atoms with Gasteiger partial charge in [0.25, 0.3) is 11.8 Å². The van der Waals surface area contributed by atoms with E-state index < -0.39 is 53.4 Å². The van der Waals surface area contributed by atoms with Crippen LogP contribution in [-0.4, -0.2) is 59.1 Å². The van der Waals surface area contributed by atoms with Gasteiger partial charge < -0.3 is 21.3 Å². The van der Waals surface area contributed by atoms with Gasteiger partial charge in [0.15, 0.2) is 0 Å². The van der Waals surface area contributed by atoms with Crippen molar-refractivity contribution in [3.05, 3.63) is 29.8 Å². The molecular weight excluding hydrogens is 421 g/mol. The van der Waals surface area contributed by atoms with Gasteiger partial charge in [-0.1, -0.05) is 0 Å². The molecule has 1 fully saturated rings. The van der Waals surface area contributed by atoms with E-state index >= 15 is 0 Å². The highest BCUT2D eigenvalue weighted by molar-refractivity contribution is 6.38. The Morgan fingerprint density at radius 1 is 1.25 bits per heavy atom. The summed E-state index contributed by atoms with van der Waals surface area (Å²) in [5.41, 5.74) is -0.745. The maximum atomic E-state index is 13.2. The summed E-state index contributed by atoms with van der Waals surface area (Å²) in [6.07, 6.45) is 3.27. The van der Waals surface area contributed by atoms with Crippen molar-refractivity contribution >= 4 is 29.4 Å². The quantitative estimate of drug-likeness (QED) is 0.406. The van der Waals surface area contributed by atoms with Crippen molar-refractivity contribution in [3.63, 3.8) is 0 Å². The van der Waals surface area contributed by atoms with Crippen LogP contribution >= 0.6 is 0 Å². The van der Waals surface area contributed by atoms with E-state index in [4.69, 9.17) is 0 Å². The second-order valence-electron chi connectivity index (χ2n) is 8.63. The zero-order valence-electron chi connectivity index (χ0n) is 18.3. The molecule has 10 nitrogen and oxygen atoms in total. The second kappa shape index (κ2) is 10.8. The fourth-order valence-corrected chi connectivity index (χ4v) is 3.18. The van der Waals surface area contributed by atoms with Gasteiger partial charge in [0.05, 0.1) is 24.3 Å². The van der Waals surface area contributed by atoms with Crippen LogP contribution in [0.3, 0.4) is 0 Å². The summed E-state index contributed by atoms with van der Waals surface area (Å²) in [5.74, 6) is -4.71. The van der Waals surface area contributed by atoms with Gasteiger partial charge in [-0.2, -0.15) is 0 Å². The largest absolute Gasteiger partial charge is 0.356 e. The molecule has 4 amide bonds. The Balaban J connectivity index is 2.04. The number of nitrogens with one attached hydrogen (secondary N) is 4. The van der Waals surface area contributed by atoms with Crippen LogP contribution in [0, 0.1) is 11.7 Å². The number of pyridine rings is 1. The summed E-state index contributed by atoms with van der Waals surface area (Å²) < 4.78 is 13.2. The highest BCUT2D eigenvalue weighted by Crippen LogP contribution is 2.18. The number of nitrogens with zero attached hydrogens (tertiary/aromatic N) is 1. The molecule has 32 heavy (non-hydrogen) atoms. The summed E-state index contributed by atoms with van der Waals surface area (Å²) in [6, 6.07) is -0.281. The van der Waals surface area contributed by atoms with Crippen molar-refractivity contribution in [3.8, 4) is 0 Å². The number of halogens is 1. The Morgan fingerprint density at radius 3 is 2.59 bits per heavy atom. The summed E-state index contributed by atoms with van der Waals surface area (Å²) in [6.45, 7) is 5.13. The Bertz CT molecular complexity index is 899. The van der Waals surface area contributed by atoms with Gasteiger partial charge >= 0.3 is 0 Å². The molecule has 1 aromatic heterocycles. The van der Waals surface area contributed by atoms with E-state index in [1.54, 1.807) is 20.8 Å². The molecular formula is C21H28FN5O5. The third-order valence-corrected chi connectivity index (χ3v) is 4.66. The molecule has 0 bridgehead atoms. The monoisotopic (exact) mass is 449 g/mol. The van der Waals surface area contributed by atoms with E-state index in [0.29, 0.717) is 13.0 Å².